The molecule has 0 aromatic carbocycles. The van der Waals surface area contributed by atoms with Crippen LogP contribution >= 0.6 is 0 Å². The summed E-state index contributed by atoms with van der Waals surface area (Å²) < 4.78 is 18.5. The van der Waals surface area contributed by atoms with E-state index in [9.17, 15) is 9.18 Å². The molecule has 3 nitrogen and oxygen atoms in total. The zero-order valence-electron chi connectivity index (χ0n) is 7.05. The lowest BCUT2D eigenvalue weighted by Gasteiger charge is -2.29. The Bertz CT molecular complexity index is 173. The number of aliphatic carboxylic acids is 1. The van der Waals surface area contributed by atoms with Gasteiger partial charge in [-0.25, -0.2) is 9.18 Å². The molecule has 1 aliphatic heterocycles. The van der Waals surface area contributed by atoms with E-state index in [4.69, 9.17) is 9.84 Å². The molecule has 0 amide bonds. The summed E-state index contributed by atoms with van der Waals surface area (Å²) in [6.45, 7) is 2.07. The van der Waals surface area contributed by atoms with Gasteiger partial charge in [-0.3, -0.25) is 0 Å². The highest BCUT2D eigenvalue weighted by Gasteiger charge is 2.42. The molecule has 0 radical (unpaired) electrons. The molecule has 12 heavy (non-hydrogen) atoms. The zero-order chi connectivity index (χ0) is 9.19. The first-order chi connectivity index (χ1) is 5.55. The van der Waals surface area contributed by atoms with Crippen LogP contribution in [0, 0.1) is 5.92 Å². The lowest BCUT2D eigenvalue weighted by atomic mass is 9.85. The fraction of sp³-hybridized carbons (Fsp3) is 0.875. The maximum Gasteiger partial charge on any atom is 0.341 e. The summed E-state index contributed by atoms with van der Waals surface area (Å²) in [5, 5.41) is 8.58. The Balaban J connectivity index is 2.59. The number of carboxylic acids is 1. The van der Waals surface area contributed by atoms with Gasteiger partial charge < -0.3 is 9.84 Å². The van der Waals surface area contributed by atoms with Gasteiger partial charge in [0.25, 0.3) is 0 Å². The van der Waals surface area contributed by atoms with Gasteiger partial charge in [0.1, 0.15) is 0 Å². The molecule has 0 aromatic rings. The van der Waals surface area contributed by atoms with Gasteiger partial charge >= 0.3 is 5.97 Å². The topological polar surface area (TPSA) is 46.5 Å². The molecule has 1 atom stereocenters. The van der Waals surface area contributed by atoms with Crippen LogP contribution in [-0.2, 0) is 9.53 Å². The maximum atomic E-state index is 13.4. The zero-order valence-corrected chi connectivity index (χ0v) is 7.05. The Morgan fingerprint density at radius 2 is 2.08 bits per heavy atom. The second-order valence-electron chi connectivity index (χ2n) is 3.27. The first-order valence-corrected chi connectivity index (χ1v) is 4.05. The SMILES string of the molecule is CC(F)(C(=O)O)C1CCOCC1. The second-order valence-corrected chi connectivity index (χ2v) is 3.27. The summed E-state index contributed by atoms with van der Waals surface area (Å²) in [4.78, 5) is 10.5. The van der Waals surface area contributed by atoms with Gasteiger partial charge in [-0.2, -0.15) is 0 Å². The van der Waals surface area contributed by atoms with Crippen molar-refractivity contribution < 1.29 is 19.0 Å². The summed E-state index contributed by atoms with van der Waals surface area (Å²) >= 11 is 0. The molecule has 4 heteroatoms. The number of ether oxygens (including phenoxy) is 1. The van der Waals surface area contributed by atoms with Crippen molar-refractivity contribution in [2.45, 2.75) is 25.4 Å². The van der Waals surface area contributed by atoms with Crippen molar-refractivity contribution in [1.29, 1.82) is 0 Å². The van der Waals surface area contributed by atoms with E-state index < -0.39 is 17.6 Å². The van der Waals surface area contributed by atoms with Crippen molar-refractivity contribution in [2.75, 3.05) is 13.2 Å². The van der Waals surface area contributed by atoms with E-state index in [0.717, 1.165) is 6.92 Å². The summed E-state index contributed by atoms with van der Waals surface area (Å²) in [6, 6.07) is 0. The smallest absolute Gasteiger partial charge is 0.341 e. The fourth-order valence-corrected chi connectivity index (χ4v) is 1.41. The average Bonchev–Trinajstić information content (AvgIpc) is 2.06. The number of alkyl halides is 1. The molecule has 1 fully saturated rings. The Morgan fingerprint density at radius 1 is 1.58 bits per heavy atom. The Morgan fingerprint density at radius 3 is 2.50 bits per heavy atom. The fourth-order valence-electron chi connectivity index (χ4n) is 1.41. The molecular formula is C8H13FO3. The molecule has 0 aromatic heterocycles. The first-order valence-electron chi connectivity index (χ1n) is 4.05. The third kappa shape index (κ3) is 1.75. The van der Waals surface area contributed by atoms with Gasteiger partial charge in [0.05, 0.1) is 0 Å². The minimum Gasteiger partial charge on any atom is -0.479 e. The summed E-state index contributed by atoms with van der Waals surface area (Å²) in [7, 11) is 0. The van der Waals surface area contributed by atoms with Crippen LogP contribution in [0.4, 0.5) is 4.39 Å². The number of halogens is 1. The second kappa shape index (κ2) is 3.39. The Hall–Kier alpha value is -0.640. The summed E-state index contributed by atoms with van der Waals surface area (Å²) in [5.41, 5.74) is -2.09. The molecule has 1 heterocycles. The predicted molar refractivity (Wildman–Crippen MR) is 40.7 cm³/mol. The van der Waals surface area contributed by atoms with Crippen molar-refractivity contribution in [3.8, 4) is 0 Å². The average molecular weight is 176 g/mol. The molecule has 1 rings (SSSR count). The Kier molecular flexibility index (Phi) is 2.67. The maximum absolute atomic E-state index is 13.4. The van der Waals surface area contributed by atoms with Crippen LogP contribution in [0.25, 0.3) is 0 Å². The molecule has 70 valence electrons. The number of hydrogen-bond donors (Lipinski definition) is 1. The third-order valence-electron chi connectivity index (χ3n) is 2.41. The van der Waals surface area contributed by atoms with E-state index in [1.54, 1.807) is 0 Å². The van der Waals surface area contributed by atoms with Crippen molar-refractivity contribution in [1.82, 2.24) is 0 Å². The molecule has 0 spiro atoms. The van der Waals surface area contributed by atoms with Crippen molar-refractivity contribution in [3.05, 3.63) is 0 Å². The van der Waals surface area contributed by atoms with Crippen molar-refractivity contribution in [3.63, 3.8) is 0 Å². The molecule has 1 aliphatic rings. The van der Waals surface area contributed by atoms with E-state index >= 15 is 0 Å². The van der Waals surface area contributed by atoms with Crippen LogP contribution in [0.3, 0.4) is 0 Å². The normalized spacial score (nSPS) is 24.8. The van der Waals surface area contributed by atoms with E-state index in [0.29, 0.717) is 26.1 Å². The summed E-state index contributed by atoms with van der Waals surface area (Å²) in [6.07, 6.45) is 0.999. The van der Waals surface area contributed by atoms with E-state index in [2.05, 4.69) is 0 Å². The van der Waals surface area contributed by atoms with Gasteiger partial charge in [0.15, 0.2) is 0 Å². The van der Waals surface area contributed by atoms with Gasteiger partial charge in [0, 0.05) is 19.1 Å². The monoisotopic (exact) mass is 176 g/mol. The Labute approximate surface area is 70.5 Å². The summed E-state index contributed by atoms with van der Waals surface area (Å²) in [5.74, 6) is -1.77. The molecule has 1 unspecified atom stereocenters. The van der Waals surface area contributed by atoms with Crippen molar-refractivity contribution >= 4 is 5.97 Å². The third-order valence-corrected chi connectivity index (χ3v) is 2.41. The van der Waals surface area contributed by atoms with E-state index in [1.807, 2.05) is 0 Å². The van der Waals surface area contributed by atoms with Crippen LogP contribution < -0.4 is 0 Å². The highest BCUT2D eigenvalue weighted by Crippen LogP contribution is 2.30. The lowest BCUT2D eigenvalue weighted by Crippen LogP contribution is -2.41. The van der Waals surface area contributed by atoms with Gasteiger partial charge in [-0.05, 0) is 19.8 Å². The van der Waals surface area contributed by atoms with Gasteiger partial charge in [0.2, 0.25) is 5.67 Å². The van der Waals surface area contributed by atoms with Crippen LogP contribution in [0.1, 0.15) is 19.8 Å². The van der Waals surface area contributed by atoms with Crippen LogP contribution in [0.5, 0.6) is 0 Å². The molecular weight excluding hydrogens is 163 g/mol. The van der Waals surface area contributed by atoms with E-state index in [1.165, 1.54) is 0 Å². The predicted octanol–water partition coefficient (Wildman–Crippen LogP) is 1.23. The molecule has 0 bridgehead atoms. The van der Waals surface area contributed by atoms with Gasteiger partial charge in [-0.15, -0.1) is 0 Å². The highest BCUT2D eigenvalue weighted by atomic mass is 19.1. The van der Waals surface area contributed by atoms with Crippen LogP contribution in [-0.4, -0.2) is 30.0 Å². The molecule has 0 saturated carbocycles. The number of hydrogen-bond acceptors (Lipinski definition) is 2. The van der Waals surface area contributed by atoms with Gasteiger partial charge in [-0.1, -0.05) is 0 Å². The van der Waals surface area contributed by atoms with E-state index in [-0.39, 0.29) is 0 Å². The lowest BCUT2D eigenvalue weighted by molar-refractivity contribution is -0.156. The molecule has 1 saturated heterocycles. The molecule has 0 aliphatic carbocycles. The number of rotatable bonds is 2. The quantitative estimate of drug-likeness (QED) is 0.688. The van der Waals surface area contributed by atoms with Crippen LogP contribution in [0.2, 0.25) is 0 Å². The standard InChI is InChI=1S/C8H13FO3/c1-8(9,7(10)11)6-2-4-12-5-3-6/h6H,2-5H2,1H3,(H,10,11). The highest BCUT2D eigenvalue weighted by molar-refractivity contribution is 5.77. The van der Waals surface area contributed by atoms with Crippen LogP contribution in [0.15, 0.2) is 0 Å². The van der Waals surface area contributed by atoms with Crippen molar-refractivity contribution in [2.24, 2.45) is 5.92 Å². The largest absolute Gasteiger partial charge is 0.479 e. The molecule has 1 N–H and O–H groups in total. The number of carboxylic acid groups (broad SMARTS) is 1. The minimum atomic E-state index is -2.09. The first kappa shape index (κ1) is 9.45. The minimum absolute atomic E-state index is 0.399. The number of carbonyl (C=O) groups is 1.